The largest absolute Gasteiger partial charge is 0.391 e. The van der Waals surface area contributed by atoms with Crippen LogP contribution in [-0.2, 0) is 0 Å². The average Bonchev–Trinajstić information content (AvgIpc) is 2.28. The van der Waals surface area contributed by atoms with E-state index in [4.69, 9.17) is 0 Å². The zero-order valence-electron chi connectivity index (χ0n) is 9.77. The second kappa shape index (κ2) is 4.71. The van der Waals surface area contributed by atoms with Crippen LogP contribution in [0.4, 0.5) is 0 Å². The highest BCUT2D eigenvalue weighted by atomic mass is 16.3. The minimum atomic E-state index is -0.475. The first-order valence-corrected chi connectivity index (χ1v) is 5.75. The number of nitrogens with one attached hydrogen (secondary N) is 1. The number of pyridine rings is 1. The lowest BCUT2D eigenvalue weighted by atomic mass is 10.1. The number of aliphatic hydroxyl groups excluding tert-OH is 1. The number of H-pyrrole nitrogens is 1. The SMILES string of the molecule is Cc1ccc(C(=O)N2CCC[C@H](O)C2)c(=O)[nH]1. The van der Waals surface area contributed by atoms with Gasteiger partial charge in [-0.05, 0) is 31.9 Å². The summed E-state index contributed by atoms with van der Waals surface area (Å²) in [5.41, 5.74) is 0.505. The molecule has 92 valence electrons. The Balaban J connectivity index is 2.22. The highest BCUT2D eigenvalue weighted by Crippen LogP contribution is 2.12. The van der Waals surface area contributed by atoms with Gasteiger partial charge in [-0.2, -0.15) is 0 Å². The normalized spacial score (nSPS) is 20.4. The molecule has 0 aromatic carbocycles. The number of hydrogen-bond donors (Lipinski definition) is 2. The fourth-order valence-corrected chi connectivity index (χ4v) is 2.05. The highest BCUT2D eigenvalue weighted by molar-refractivity contribution is 5.93. The molecule has 0 spiro atoms. The van der Waals surface area contributed by atoms with Crippen molar-refractivity contribution in [1.82, 2.24) is 9.88 Å². The molecule has 2 heterocycles. The molecule has 1 amide bonds. The van der Waals surface area contributed by atoms with Crippen LogP contribution in [-0.4, -0.2) is 40.1 Å². The molecule has 1 fully saturated rings. The molecule has 5 nitrogen and oxygen atoms in total. The monoisotopic (exact) mass is 236 g/mol. The van der Waals surface area contributed by atoms with E-state index in [0.29, 0.717) is 19.5 Å². The van der Waals surface area contributed by atoms with Crippen molar-refractivity contribution in [3.63, 3.8) is 0 Å². The third-order valence-corrected chi connectivity index (χ3v) is 2.97. The number of aromatic nitrogens is 1. The Bertz CT molecular complexity index is 481. The van der Waals surface area contributed by atoms with Crippen LogP contribution in [0.15, 0.2) is 16.9 Å². The van der Waals surface area contributed by atoms with E-state index in [1.165, 1.54) is 11.0 Å². The van der Waals surface area contributed by atoms with E-state index >= 15 is 0 Å². The first-order chi connectivity index (χ1) is 8.08. The molecule has 2 N–H and O–H groups in total. The van der Waals surface area contributed by atoms with E-state index in [0.717, 1.165) is 12.1 Å². The predicted octanol–water partition coefficient (Wildman–Crippen LogP) is 0.280. The average molecular weight is 236 g/mol. The van der Waals surface area contributed by atoms with Crippen molar-refractivity contribution in [3.8, 4) is 0 Å². The van der Waals surface area contributed by atoms with Crippen LogP contribution in [0.5, 0.6) is 0 Å². The van der Waals surface area contributed by atoms with Gasteiger partial charge in [0.2, 0.25) is 0 Å². The molecule has 2 rings (SSSR count). The third kappa shape index (κ3) is 2.55. The van der Waals surface area contributed by atoms with Gasteiger partial charge in [0.1, 0.15) is 5.56 Å². The van der Waals surface area contributed by atoms with Crippen LogP contribution in [0.2, 0.25) is 0 Å². The summed E-state index contributed by atoms with van der Waals surface area (Å²) in [7, 11) is 0. The molecule has 5 heteroatoms. The number of piperidine rings is 1. The summed E-state index contributed by atoms with van der Waals surface area (Å²) in [5, 5.41) is 9.51. The molecule has 0 saturated carbocycles. The Morgan fingerprint density at radius 1 is 1.53 bits per heavy atom. The van der Waals surface area contributed by atoms with E-state index in [1.807, 2.05) is 0 Å². The van der Waals surface area contributed by atoms with Gasteiger partial charge in [-0.15, -0.1) is 0 Å². The number of carbonyl (C=O) groups is 1. The van der Waals surface area contributed by atoms with Gasteiger partial charge in [-0.3, -0.25) is 9.59 Å². The second-order valence-electron chi connectivity index (χ2n) is 4.43. The Kier molecular flexibility index (Phi) is 3.28. The van der Waals surface area contributed by atoms with Gasteiger partial charge in [0.15, 0.2) is 0 Å². The molecule has 0 aliphatic carbocycles. The van der Waals surface area contributed by atoms with E-state index < -0.39 is 6.10 Å². The van der Waals surface area contributed by atoms with Crippen LogP contribution in [0.3, 0.4) is 0 Å². The lowest BCUT2D eigenvalue weighted by Gasteiger charge is -2.29. The lowest BCUT2D eigenvalue weighted by Crippen LogP contribution is -2.43. The number of rotatable bonds is 1. The number of likely N-dealkylation sites (tertiary alicyclic amines) is 1. The number of aliphatic hydroxyl groups is 1. The van der Waals surface area contributed by atoms with Crippen molar-refractivity contribution in [1.29, 1.82) is 0 Å². The van der Waals surface area contributed by atoms with Gasteiger partial charge >= 0.3 is 0 Å². The maximum atomic E-state index is 12.1. The molecular formula is C12H16N2O3. The Hall–Kier alpha value is -1.62. The second-order valence-corrected chi connectivity index (χ2v) is 4.43. The molecule has 1 aromatic heterocycles. The molecule has 0 unspecified atom stereocenters. The van der Waals surface area contributed by atoms with Gasteiger partial charge in [-0.25, -0.2) is 0 Å². The van der Waals surface area contributed by atoms with E-state index in [1.54, 1.807) is 13.0 Å². The van der Waals surface area contributed by atoms with Gasteiger partial charge < -0.3 is 15.0 Å². The summed E-state index contributed by atoms with van der Waals surface area (Å²) < 4.78 is 0. The number of aryl methyl sites for hydroxylation is 1. The van der Waals surface area contributed by atoms with Crippen molar-refractivity contribution in [2.75, 3.05) is 13.1 Å². The molecule has 1 aliphatic heterocycles. The summed E-state index contributed by atoms with van der Waals surface area (Å²) in [6, 6.07) is 3.24. The van der Waals surface area contributed by atoms with Gasteiger partial charge in [0.05, 0.1) is 6.10 Å². The Morgan fingerprint density at radius 3 is 2.94 bits per heavy atom. The maximum absolute atomic E-state index is 12.1. The van der Waals surface area contributed by atoms with Crippen LogP contribution >= 0.6 is 0 Å². The zero-order valence-corrected chi connectivity index (χ0v) is 9.77. The molecule has 1 saturated heterocycles. The number of β-amino-alcohol motifs (C(OH)–C–C–N with tert-alkyl or cyclic N) is 1. The Labute approximate surface area is 99.1 Å². The summed E-state index contributed by atoms with van der Waals surface area (Å²) in [5.74, 6) is -0.301. The van der Waals surface area contributed by atoms with Gasteiger partial charge in [0.25, 0.3) is 11.5 Å². The van der Waals surface area contributed by atoms with Gasteiger partial charge in [-0.1, -0.05) is 0 Å². The minimum absolute atomic E-state index is 0.143. The topological polar surface area (TPSA) is 73.4 Å². The summed E-state index contributed by atoms with van der Waals surface area (Å²) in [6.45, 7) is 2.68. The number of aromatic amines is 1. The fraction of sp³-hybridized carbons (Fsp3) is 0.500. The van der Waals surface area contributed by atoms with Crippen LogP contribution in [0, 0.1) is 6.92 Å². The molecule has 17 heavy (non-hydrogen) atoms. The maximum Gasteiger partial charge on any atom is 0.260 e. The number of nitrogens with zero attached hydrogens (tertiary/aromatic N) is 1. The smallest absolute Gasteiger partial charge is 0.260 e. The van der Waals surface area contributed by atoms with Crippen molar-refractivity contribution in [2.24, 2.45) is 0 Å². The molecule has 1 aliphatic rings. The standard InChI is InChI=1S/C12H16N2O3/c1-8-4-5-10(11(16)13-8)12(17)14-6-2-3-9(15)7-14/h4-5,9,15H,2-3,6-7H2,1H3,(H,13,16)/t9-/m0/s1. The van der Waals surface area contributed by atoms with Crippen molar-refractivity contribution in [2.45, 2.75) is 25.9 Å². The van der Waals surface area contributed by atoms with Crippen molar-refractivity contribution >= 4 is 5.91 Å². The van der Waals surface area contributed by atoms with Crippen molar-refractivity contribution < 1.29 is 9.90 Å². The zero-order chi connectivity index (χ0) is 12.4. The fourth-order valence-electron chi connectivity index (χ4n) is 2.05. The van der Waals surface area contributed by atoms with Crippen LogP contribution in [0.1, 0.15) is 28.9 Å². The first kappa shape index (κ1) is 11.9. The number of amides is 1. The lowest BCUT2D eigenvalue weighted by molar-refractivity contribution is 0.0472. The quantitative estimate of drug-likeness (QED) is 0.735. The number of carbonyl (C=O) groups excluding carboxylic acids is 1. The van der Waals surface area contributed by atoms with E-state index in [9.17, 15) is 14.7 Å². The molecule has 1 aromatic rings. The molecule has 0 bridgehead atoms. The van der Waals surface area contributed by atoms with Crippen LogP contribution in [0.25, 0.3) is 0 Å². The third-order valence-electron chi connectivity index (χ3n) is 2.97. The molecule has 0 radical (unpaired) electrons. The first-order valence-electron chi connectivity index (χ1n) is 5.75. The van der Waals surface area contributed by atoms with Crippen LogP contribution < -0.4 is 5.56 Å². The molecule has 1 atom stereocenters. The van der Waals surface area contributed by atoms with Crippen molar-refractivity contribution in [3.05, 3.63) is 33.7 Å². The summed E-state index contributed by atoms with van der Waals surface area (Å²) in [6.07, 6.45) is 1.02. The van der Waals surface area contributed by atoms with Gasteiger partial charge in [0, 0.05) is 18.8 Å². The highest BCUT2D eigenvalue weighted by Gasteiger charge is 2.24. The predicted molar refractivity (Wildman–Crippen MR) is 62.9 cm³/mol. The van der Waals surface area contributed by atoms with E-state index in [2.05, 4.69) is 4.98 Å². The summed E-state index contributed by atoms with van der Waals surface area (Å²) >= 11 is 0. The number of hydrogen-bond acceptors (Lipinski definition) is 3. The Morgan fingerprint density at radius 2 is 2.29 bits per heavy atom. The molecular weight excluding hydrogens is 220 g/mol. The van der Waals surface area contributed by atoms with E-state index in [-0.39, 0.29) is 17.0 Å². The summed E-state index contributed by atoms with van der Waals surface area (Å²) in [4.78, 5) is 27.9. The minimum Gasteiger partial charge on any atom is -0.391 e.